The molecule has 0 aromatic heterocycles. The fraction of sp³-hybridized carbons (Fsp3) is 0.941. The fourth-order valence-corrected chi connectivity index (χ4v) is 3.53. The number of rotatable bonds is 8. The Labute approximate surface area is 131 Å². The highest BCUT2D eigenvalue weighted by molar-refractivity contribution is 5.76. The van der Waals surface area contributed by atoms with Crippen molar-refractivity contribution in [2.45, 2.75) is 59.4 Å². The van der Waals surface area contributed by atoms with Crippen LogP contribution in [0.1, 0.15) is 53.4 Å². The number of nitrogens with two attached hydrogens (primary N) is 1. The Morgan fingerprint density at radius 3 is 2.24 bits per heavy atom. The lowest BCUT2D eigenvalue weighted by Crippen LogP contribution is -2.47. The average molecular weight is 297 g/mol. The predicted molar refractivity (Wildman–Crippen MR) is 89.1 cm³/mol. The molecule has 0 radical (unpaired) electrons. The largest absolute Gasteiger partial charge is 0.343 e. The molecule has 124 valence electrons. The van der Waals surface area contributed by atoms with Gasteiger partial charge in [-0.15, -0.1) is 0 Å². The van der Waals surface area contributed by atoms with E-state index in [0.717, 1.165) is 45.4 Å². The van der Waals surface area contributed by atoms with Crippen molar-refractivity contribution in [1.82, 2.24) is 9.80 Å². The normalized spacial score (nSPS) is 18.5. The maximum Gasteiger partial charge on any atom is 0.222 e. The second-order valence-corrected chi connectivity index (χ2v) is 6.77. The molecule has 1 aliphatic rings. The zero-order valence-electron chi connectivity index (χ0n) is 14.5. The van der Waals surface area contributed by atoms with E-state index in [1.807, 2.05) is 0 Å². The summed E-state index contributed by atoms with van der Waals surface area (Å²) in [5.41, 5.74) is 5.82. The number of carbonyl (C=O) groups excluding carboxylic acids is 1. The third kappa shape index (κ3) is 5.95. The van der Waals surface area contributed by atoms with Gasteiger partial charge in [0.1, 0.15) is 0 Å². The quantitative estimate of drug-likeness (QED) is 0.748. The summed E-state index contributed by atoms with van der Waals surface area (Å²) in [6.07, 6.45) is 3.92. The Morgan fingerprint density at radius 2 is 1.81 bits per heavy atom. The Balaban J connectivity index is 2.40. The van der Waals surface area contributed by atoms with Gasteiger partial charge >= 0.3 is 0 Å². The molecule has 0 saturated carbocycles. The minimum atomic E-state index is 0.309. The van der Waals surface area contributed by atoms with Gasteiger partial charge in [0.2, 0.25) is 5.91 Å². The highest BCUT2D eigenvalue weighted by Crippen LogP contribution is 2.20. The lowest BCUT2D eigenvalue weighted by atomic mass is 9.93. The third-order valence-corrected chi connectivity index (χ3v) is 4.75. The van der Waals surface area contributed by atoms with Crippen LogP contribution in [-0.2, 0) is 4.79 Å². The first-order valence-corrected chi connectivity index (χ1v) is 8.73. The summed E-state index contributed by atoms with van der Waals surface area (Å²) in [7, 11) is 0. The average Bonchev–Trinajstić information content (AvgIpc) is 2.48. The van der Waals surface area contributed by atoms with E-state index in [1.165, 1.54) is 0 Å². The van der Waals surface area contributed by atoms with Crippen molar-refractivity contribution < 1.29 is 4.79 Å². The van der Waals surface area contributed by atoms with Gasteiger partial charge in [-0.25, -0.2) is 0 Å². The Morgan fingerprint density at radius 1 is 1.24 bits per heavy atom. The number of carbonyl (C=O) groups is 1. The Bertz CT molecular complexity index is 294. The van der Waals surface area contributed by atoms with Gasteiger partial charge in [0.25, 0.3) is 0 Å². The van der Waals surface area contributed by atoms with Gasteiger partial charge < -0.3 is 15.5 Å². The molecule has 1 rings (SSSR count). The maximum absolute atomic E-state index is 12.4. The second kappa shape index (κ2) is 9.42. The number of hydrogen-bond donors (Lipinski definition) is 1. The van der Waals surface area contributed by atoms with Crippen molar-refractivity contribution >= 4 is 5.91 Å². The van der Waals surface area contributed by atoms with Gasteiger partial charge in [0.05, 0.1) is 0 Å². The topological polar surface area (TPSA) is 49.6 Å². The molecule has 1 aliphatic heterocycles. The van der Waals surface area contributed by atoms with Crippen LogP contribution in [0.5, 0.6) is 0 Å². The predicted octanol–water partition coefficient (Wildman–Crippen LogP) is 2.33. The fourth-order valence-electron chi connectivity index (χ4n) is 3.53. The van der Waals surface area contributed by atoms with E-state index in [-0.39, 0.29) is 0 Å². The lowest BCUT2D eigenvalue weighted by Gasteiger charge is -2.38. The van der Waals surface area contributed by atoms with Crippen LogP contribution in [0.3, 0.4) is 0 Å². The SMILES string of the molecule is CCN(CC)C1CCN(C(=O)C[C@@H](CN)CC(C)C)CC1. The van der Waals surface area contributed by atoms with Crippen LogP contribution in [0.15, 0.2) is 0 Å². The molecule has 1 amide bonds. The molecule has 1 saturated heterocycles. The summed E-state index contributed by atoms with van der Waals surface area (Å²) in [5.74, 6) is 1.27. The molecule has 1 heterocycles. The monoisotopic (exact) mass is 297 g/mol. The van der Waals surface area contributed by atoms with Gasteiger partial charge in [-0.05, 0) is 50.7 Å². The lowest BCUT2D eigenvalue weighted by molar-refractivity contribution is -0.133. The standard InChI is InChI=1S/C17H35N3O/c1-5-19(6-2)16-7-9-20(10-8-16)17(21)12-15(13-18)11-14(3)4/h14-16H,5-13,18H2,1-4H3/t15-/m0/s1. The van der Waals surface area contributed by atoms with Crippen molar-refractivity contribution in [3.8, 4) is 0 Å². The van der Waals surface area contributed by atoms with E-state index in [9.17, 15) is 4.79 Å². The van der Waals surface area contributed by atoms with E-state index in [4.69, 9.17) is 5.73 Å². The number of piperidine rings is 1. The molecule has 1 atom stereocenters. The number of hydrogen-bond acceptors (Lipinski definition) is 3. The minimum Gasteiger partial charge on any atom is -0.343 e. The first-order chi connectivity index (χ1) is 10.0. The summed E-state index contributed by atoms with van der Waals surface area (Å²) in [6, 6.07) is 0.657. The zero-order valence-corrected chi connectivity index (χ0v) is 14.5. The molecular weight excluding hydrogens is 262 g/mol. The molecule has 0 aromatic rings. The van der Waals surface area contributed by atoms with Crippen LogP contribution >= 0.6 is 0 Å². The molecule has 21 heavy (non-hydrogen) atoms. The van der Waals surface area contributed by atoms with Crippen LogP contribution < -0.4 is 5.73 Å². The van der Waals surface area contributed by atoms with Crippen LogP contribution in [0.2, 0.25) is 0 Å². The molecule has 4 nitrogen and oxygen atoms in total. The molecule has 0 aromatic carbocycles. The molecular formula is C17H35N3O. The molecule has 2 N–H and O–H groups in total. The van der Waals surface area contributed by atoms with E-state index in [0.29, 0.717) is 36.8 Å². The summed E-state index contributed by atoms with van der Waals surface area (Å²) >= 11 is 0. The smallest absolute Gasteiger partial charge is 0.222 e. The number of amides is 1. The number of likely N-dealkylation sites (tertiary alicyclic amines) is 1. The second-order valence-electron chi connectivity index (χ2n) is 6.77. The molecule has 4 heteroatoms. The highest BCUT2D eigenvalue weighted by atomic mass is 16.2. The molecule has 0 spiro atoms. The van der Waals surface area contributed by atoms with Gasteiger partial charge in [-0.1, -0.05) is 27.7 Å². The van der Waals surface area contributed by atoms with Crippen LogP contribution in [0.25, 0.3) is 0 Å². The third-order valence-electron chi connectivity index (χ3n) is 4.75. The molecule has 0 bridgehead atoms. The summed E-state index contributed by atoms with van der Waals surface area (Å²) < 4.78 is 0. The minimum absolute atomic E-state index is 0.309. The first-order valence-electron chi connectivity index (χ1n) is 8.73. The van der Waals surface area contributed by atoms with Crippen molar-refractivity contribution in [3.05, 3.63) is 0 Å². The van der Waals surface area contributed by atoms with Crippen molar-refractivity contribution in [1.29, 1.82) is 0 Å². The summed E-state index contributed by atoms with van der Waals surface area (Å²) in [5, 5.41) is 0. The molecule has 1 fully saturated rings. The van der Waals surface area contributed by atoms with Crippen molar-refractivity contribution in [2.24, 2.45) is 17.6 Å². The van der Waals surface area contributed by atoms with Gasteiger partial charge in [-0.2, -0.15) is 0 Å². The zero-order chi connectivity index (χ0) is 15.8. The van der Waals surface area contributed by atoms with Crippen LogP contribution in [-0.4, -0.2) is 54.5 Å². The Hall–Kier alpha value is -0.610. The Kier molecular flexibility index (Phi) is 8.27. The van der Waals surface area contributed by atoms with E-state index < -0.39 is 0 Å². The summed E-state index contributed by atoms with van der Waals surface area (Å²) in [6.45, 7) is 13.5. The van der Waals surface area contributed by atoms with Gasteiger partial charge in [0, 0.05) is 25.6 Å². The van der Waals surface area contributed by atoms with Gasteiger partial charge in [-0.3, -0.25) is 4.79 Å². The van der Waals surface area contributed by atoms with Crippen molar-refractivity contribution in [3.63, 3.8) is 0 Å². The van der Waals surface area contributed by atoms with Crippen LogP contribution in [0.4, 0.5) is 0 Å². The number of nitrogens with zero attached hydrogens (tertiary/aromatic N) is 2. The van der Waals surface area contributed by atoms with Crippen molar-refractivity contribution in [2.75, 3.05) is 32.7 Å². The summed E-state index contributed by atoms with van der Waals surface area (Å²) in [4.78, 5) is 17.0. The highest BCUT2D eigenvalue weighted by Gasteiger charge is 2.26. The maximum atomic E-state index is 12.4. The first kappa shape index (κ1) is 18.4. The van der Waals surface area contributed by atoms with E-state index in [1.54, 1.807) is 0 Å². The van der Waals surface area contributed by atoms with Crippen LogP contribution in [0, 0.1) is 11.8 Å². The van der Waals surface area contributed by atoms with E-state index in [2.05, 4.69) is 37.5 Å². The van der Waals surface area contributed by atoms with E-state index >= 15 is 0 Å². The molecule has 0 aliphatic carbocycles. The van der Waals surface area contributed by atoms with Gasteiger partial charge in [0.15, 0.2) is 0 Å². The molecule has 0 unspecified atom stereocenters.